The normalized spacial score (nSPS) is 12.3. The Balaban J connectivity index is 0.982. The van der Waals surface area contributed by atoms with Crippen LogP contribution in [0, 0.1) is 0 Å². The first-order valence-corrected chi connectivity index (χ1v) is 21.4. The van der Waals surface area contributed by atoms with Gasteiger partial charge in [-0.2, -0.15) is 0 Å². The maximum atomic E-state index is 2.46. The van der Waals surface area contributed by atoms with Crippen molar-refractivity contribution in [1.29, 1.82) is 0 Å². The van der Waals surface area contributed by atoms with E-state index in [-0.39, 0.29) is 5.41 Å². The first-order chi connectivity index (χ1) is 28.9. The minimum atomic E-state index is 0.0647. The summed E-state index contributed by atoms with van der Waals surface area (Å²) in [5.74, 6) is 0. The van der Waals surface area contributed by atoms with E-state index >= 15 is 0 Å². The van der Waals surface area contributed by atoms with Crippen LogP contribution < -0.4 is 4.90 Å². The van der Waals surface area contributed by atoms with Crippen molar-refractivity contribution < 1.29 is 0 Å². The summed E-state index contributed by atoms with van der Waals surface area (Å²) in [5, 5.41) is 11.1. The van der Waals surface area contributed by atoms with Crippen LogP contribution in [0.5, 0.6) is 0 Å². The fourth-order valence-corrected chi connectivity index (χ4v) is 10.3. The summed E-state index contributed by atoms with van der Waals surface area (Å²) in [7, 11) is 0. The van der Waals surface area contributed by atoms with Crippen molar-refractivity contribution in [2.75, 3.05) is 4.90 Å². The Labute approximate surface area is 347 Å². The molecule has 0 saturated heterocycles. The molecule has 9 aromatic carbocycles. The Hall–Kier alpha value is -6.94. The van der Waals surface area contributed by atoms with Crippen molar-refractivity contribution in [2.24, 2.45) is 0 Å². The zero-order chi connectivity index (χ0) is 39.4. The summed E-state index contributed by atoms with van der Waals surface area (Å²) < 4.78 is 3.70. The third-order valence-electron chi connectivity index (χ3n) is 12.5. The van der Waals surface area contributed by atoms with Gasteiger partial charge >= 0.3 is 0 Å². The van der Waals surface area contributed by atoms with Gasteiger partial charge in [-0.05, 0) is 157 Å². The predicted molar refractivity (Wildman–Crippen MR) is 254 cm³/mol. The number of hydrogen-bond acceptors (Lipinski definition) is 2. The number of para-hydroxylation sites is 2. The van der Waals surface area contributed by atoms with E-state index in [1.807, 2.05) is 0 Å². The molecule has 0 amide bonds. The molecule has 0 bridgehead atoms. The quantitative estimate of drug-likeness (QED) is 0.169. The standard InChI is InChI=1S/C56H40N2S/c1-56(2,3)40-19-23-41(24-20-40)57(53-25-26-54-46(27-28-59-54)55(53)35-11-5-4-6-12-35)42-21-17-36-31-47-49(33-38(36)29-42)48-32-37-18-22-43(30-39(37)34-50(47)48)58-51-15-9-7-13-44(51)45-14-8-10-16-52(45)58/h4-34H,1-3H3. The average Bonchev–Trinajstić information content (AvgIpc) is 3.88. The highest BCUT2D eigenvalue weighted by Crippen LogP contribution is 2.52. The second-order valence-electron chi connectivity index (χ2n) is 17.0. The second-order valence-corrected chi connectivity index (χ2v) is 18.0. The second kappa shape index (κ2) is 12.8. The third kappa shape index (κ3) is 5.32. The smallest absolute Gasteiger partial charge is 0.0547 e. The van der Waals surface area contributed by atoms with E-state index in [1.165, 1.54) is 104 Å². The lowest BCUT2D eigenvalue weighted by atomic mass is 9.78. The van der Waals surface area contributed by atoms with Gasteiger partial charge in [0.15, 0.2) is 0 Å². The Bertz CT molecular complexity index is 3420. The van der Waals surface area contributed by atoms with Crippen molar-refractivity contribution in [2.45, 2.75) is 26.2 Å². The van der Waals surface area contributed by atoms with Crippen LogP contribution >= 0.6 is 11.3 Å². The SMILES string of the molecule is CC(C)(C)c1ccc(N(c2ccc3cc4c(cc3c2)-c2cc3ccc(-n5c6ccccc6c6ccccc65)cc3cc2-4)c2ccc3sccc3c2-c2ccccc2)cc1. The van der Waals surface area contributed by atoms with Crippen LogP contribution in [0.15, 0.2) is 187 Å². The minimum Gasteiger partial charge on any atom is -0.310 e. The van der Waals surface area contributed by atoms with E-state index < -0.39 is 0 Å². The highest BCUT2D eigenvalue weighted by molar-refractivity contribution is 7.17. The van der Waals surface area contributed by atoms with E-state index in [1.54, 1.807) is 11.3 Å². The lowest BCUT2D eigenvalue weighted by Crippen LogP contribution is -2.14. The van der Waals surface area contributed by atoms with Gasteiger partial charge in [0, 0.05) is 43.5 Å². The summed E-state index contributed by atoms with van der Waals surface area (Å²) >= 11 is 1.80. The fourth-order valence-electron chi connectivity index (χ4n) is 9.54. The topological polar surface area (TPSA) is 8.17 Å². The van der Waals surface area contributed by atoms with Gasteiger partial charge in [-0.3, -0.25) is 0 Å². The zero-order valence-corrected chi connectivity index (χ0v) is 34.0. The van der Waals surface area contributed by atoms with Crippen molar-refractivity contribution in [3.8, 4) is 39.1 Å². The molecule has 0 atom stereocenters. The average molecular weight is 773 g/mol. The van der Waals surface area contributed by atoms with Crippen LogP contribution in [0.25, 0.3) is 92.5 Å². The molecule has 0 saturated carbocycles. The van der Waals surface area contributed by atoms with Gasteiger partial charge in [-0.1, -0.05) is 112 Å². The molecule has 11 aromatic rings. The summed E-state index contributed by atoms with van der Waals surface area (Å²) in [6.45, 7) is 6.84. The molecule has 0 radical (unpaired) electrons. The van der Waals surface area contributed by atoms with Crippen LogP contribution in [0.1, 0.15) is 26.3 Å². The van der Waals surface area contributed by atoms with Crippen LogP contribution in [-0.4, -0.2) is 4.57 Å². The molecule has 2 aromatic heterocycles. The molecule has 1 aliphatic rings. The number of hydrogen-bond donors (Lipinski definition) is 0. The zero-order valence-electron chi connectivity index (χ0n) is 33.2. The molecular weight excluding hydrogens is 733 g/mol. The number of aromatic nitrogens is 1. The van der Waals surface area contributed by atoms with E-state index in [0.717, 1.165) is 11.4 Å². The van der Waals surface area contributed by atoms with Gasteiger partial charge in [0.2, 0.25) is 0 Å². The number of benzene rings is 9. The maximum absolute atomic E-state index is 2.46. The summed E-state index contributed by atoms with van der Waals surface area (Å²) in [5.41, 5.74) is 16.3. The molecule has 2 heterocycles. The largest absolute Gasteiger partial charge is 0.310 e. The van der Waals surface area contributed by atoms with Crippen LogP contribution in [0.4, 0.5) is 17.1 Å². The molecule has 3 heteroatoms. The summed E-state index contributed by atoms with van der Waals surface area (Å²) in [4.78, 5) is 2.46. The molecule has 0 unspecified atom stereocenters. The van der Waals surface area contributed by atoms with Crippen LogP contribution in [0.2, 0.25) is 0 Å². The molecule has 0 spiro atoms. The number of rotatable bonds is 5. The van der Waals surface area contributed by atoms with Gasteiger partial charge < -0.3 is 9.47 Å². The van der Waals surface area contributed by atoms with Crippen LogP contribution in [0.3, 0.4) is 0 Å². The molecule has 0 N–H and O–H groups in total. The van der Waals surface area contributed by atoms with E-state index in [9.17, 15) is 0 Å². The van der Waals surface area contributed by atoms with Gasteiger partial charge in [0.05, 0.1) is 16.7 Å². The number of anilines is 3. The third-order valence-corrected chi connectivity index (χ3v) is 13.4. The van der Waals surface area contributed by atoms with E-state index in [2.05, 4.69) is 218 Å². The molecule has 0 aliphatic heterocycles. The molecule has 59 heavy (non-hydrogen) atoms. The molecule has 1 aliphatic carbocycles. The van der Waals surface area contributed by atoms with Crippen molar-refractivity contribution in [1.82, 2.24) is 4.57 Å². The molecule has 0 fully saturated rings. The summed E-state index contributed by atoms with van der Waals surface area (Å²) in [6.07, 6.45) is 0. The number of nitrogens with zero attached hydrogens (tertiary/aromatic N) is 2. The van der Waals surface area contributed by atoms with E-state index in [0.29, 0.717) is 0 Å². The van der Waals surface area contributed by atoms with Crippen LogP contribution in [-0.2, 0) is 5.41 Å². The van der Waals surface area contributed by atoms with Crippen molar-refractivity contribution >= 4 is 81.8 Å². The maximum Gasteiger partial charge on any atom is 0.0547 e. The predicted octanol–water partition coefficient (Wildman–Crippen LogP) is 16.4. The Morgan fingerprint density at radius 2 is 1.03 bits per heavy atom. The molecular formula is C56H40N2S. The highest BCUT2D eigenvalue weighted by atomic mass is 32.1. The number of thiophene rings is 1. The van der Waals surface area contributed by atoms with Gasteiger partial charge in [0.1, 0.15) is 0 Å². The molecule has 12 rings (SSSR count). The van der Waals surface area contributed by atoms with E-state index in [4.69, 9.17) is 0 Å². The first-order valence-electron chi connectivity index (χ1n) is 20.5. The lowest BCUT2D eigenvalue weighted by molar-refractivity contribution is 0.590. The Kier molecular flexibility index (Phi) is 7.39. The van der Waals surface area contributed by atoms with Gasteiger partial charge in [-0.25, -0.2) is 0 Å². The molecule has 2 nitrogen and oxygen atoms in total. The van der Waals surface area contributed by atoms with Gasteiger partial charge in [-0.15, -0.1) is 11.3 Å². The fraction of sp³-hybridized carbons (Fsp3) is 0.0714. The number of fused-ring (bicyclic) bond motifs is 10. The molecule has 280 valence electrons. The first kappa shape index (κ1) is 34.1. The lowest BCUT2D eigenvalue weighted by Gasteiger charge is -2.30. The Morgan fingerprint density at radius 3 is 1.69 bits per heavy atom. The monoisotopic (exact) mass is 772 g/mol. The van der Waals surface area contributed by atoms with Gasteiger partial charge in [0.25, 0.3) is 0 Å². The van der Waals surface area contributed by atoms with Crippen molar-refractivity contribution in [3.63, 3.8) is 0 Å². The highest BCUT2D eigenvalue weighted by Gasteiger charge is 2.26. The van der Waals surface area contributed by atoms with Crippen molar-refractivity contribution in [3.05, 3.63) is 193 Å². The summed E-state index contributed by atoms with van der Waals surface area (Å²) in [6, 6.07) is 67.9. The minimum absolute atomic E-state index is 0.0647. The Morgan fingerprint density at radius 1 is 0.458 bits per heavy atom.